The number of allylic oxidation sites excluding steroid dienone is 2. The second kappa shape index (κ2) is 6.69. The van der Waals surface area contributed by atoms with Crippen LogP contribution >= 0.6 is 27.5 Å². The van der Waals surface area contributed by atoms with E-state index in [0.29, 0.717) is 23.6 Å². The monoisotopic (exact) mass is 410 g/mol. The van der Waals surface area contributed by atoms with Crippen molar-refractivity contribution in [1.82, 2.24) is 4.90 Å². The number of amides is 3. The molecule has 24 heavy (non-hydrogen) atoms. The summed E-state index contributed by atoms with van der Waals surface area (Å²) in [5.41, 5.74) is 0.608. The van der Waals surface area contributed by atoms with Gasteiger partial charge in [0.2, 0.25) is 17.7 Å². The predicted octanol–water partition coefficient (Wildman–Crippen LogP) is 3.29. The van der Waals surface area contributed by atoms with Crippen molar-refractivity contribution < 1.29 is 14.4 Å². The van der Waals surface area contributed by atoms with Gasteiger partial charge in [-0.2, -0.15) is 0 Å². The third-order valence-electron chi connectivity index (χ3n) is 4.48. The molecule has 1 aromatic rings. The average molecular weight is 412 g/mol. The van der Waals surface area contributed by atoms with Crippen LogP contribution in [0.3, 0.4) is 0 Å². The van der Waals surface area contributed by atoms with Crippen molar-refractivity contribution in [1.29, 1.82) is 0 Å². The lowest BCUT2D eigenvalue weighted by atomic mass is 9.85. The predicted molar refractivity (Wildman–Crippen MR) is 94.2 cm³/mol. The molecule has 126 valence electrons. The van der Waals surface area contributed by atoms with E-state index >= 15 is 0 Å². The zero-order valence-corrected chi connectivity index (χ0v) is 15.3. The molecule has 0 radical (unpaired) electrons. The Morgan fingerprint density at radius 2 is 1.88 bits per heavy atom. The zero-order chi connectivity index (χ0) is 17.4. The maximum Gasteiger partial charge on any atom is 0.247 e. The molecular formula is C17H16BrClN2O3. The first-order chi connectivity index (χ1) is 11.4. The average Bonchev–Trinajstić information content (AvgIpc) is 2.79. The topological polar surface area (TPSA) is 66.5 Å². The Labute approximate surface area is 153 Å². The second-order valence-electron chi connectivity index (χ2n) is 6.02. The molecule has 0 aromatic heterocycles. The first-order valence-corrected chi connectivity index (χ1v) is 8.83. The van der Waals surface area contributed by atoms with Gasteiger partial charge >= 0.3 is 0 Å². The van der Waals surface area contributed by atoms with Gasteiger partial charge in [0.25, 0.3) is 0 Å². The fraction of sp³-hybridized carbons (Fsp3) is 0.353. The third-order valence-corrected chi connectivity index (χ3v) is 5.32. The van der Waals surface area contributed by atoms with E-state index in [4.69, 9.17) is 11.6 Å². The van der Waals surface area contributed by atoms with Gasteiger partial charge in [-0.15, -0.1) is 0 Å². The molecule has 1 aromatic carbocycles. The van der Waals surface area contributed by atoms with Crippen molar-refractivity contribution in [3.05, 3.63) is 39.8 Å². The number of imide groups is 1. The van der Waals surface area contributed by atoms with Crippen molar-refractivity contribution in [2.24, 2.45) is 11.8 Å². The molecule has 3 unspecified atom stereocenters. The van der Waals surface area contributed by atoms with Crippen LogP contribution in [0.4, 0.5) is 5.69 Å². The molecule has 3 atom stereocenters. The fourth-order valence-corrected chi connectivity index (χ4v) is 3.65. The lowest BCUT2D eigenvalue weighted by Gasteiger charge is -2.22. The summed E-state index contributed by atoms with van der Waals surface area (Å²) < 4.78 is 0.895. The van der Waals surface area contributed by atoms with Crippen LogP contribution in [-0.4, -0.2) is 28.7 Å². The minimum absolute atomic E-state index is 0.288. The fourth-order valence-electron chi connectivity index (χ4n) is 3.13. The first-order valence-electron chi connectivity index (χ1n) is 7.66. The molecule has 0 spiro atoms. The van der Waals surface area contributed by atoms with Gasteiger partial charge in [0.15, 0.2) is 0 Å². The van der Waals surface area contributed by atoms with Gasteiger partial charge < -0.3 is 5.32 Å². The molecule has 2 aliphatic rings. The number of benzene rings is 1. The van der Waals surface area contributed by atoms with Crippen LogP contribution < -0.4 is 5.32 Å². The molecule has 0 bridgehead atoms. The number of anilines is 1. The molecule has 3 amide bonds. The van der Waals surface area contributed by atoms with Crippen LogP contribution in [0.2, 0.25) is 0 Å². The summed E-state index contributed by atoms with van der Waals surface area (Å²) in [7, 11) is 0. The number of hydrogen-bond acceptors (Lipinski definition) is 3. The molecule has 5 nitrogen and oxygen atoms in total. The summed E-state index contributed by atoms with van der Waals surface area (Å²) in [6, 6.07) is 6.22. The molecule has 1 heterocycles. The Bertz CT molecular complexity index is 732. The number of nitrogens with one attached hydrogen (secondary N) is 1. The van der Waals surface area contributed by atoms with E-state index in [0.717, 1.165) is 9.37 Å². The highest BCUT2D eigenvalue weighted by Crippen LogP contribution is 2.39. The molecule has 1 N–H and O–H groups in total. The van der Waals surface area contributed by atoms with E-state index in [1.807, 2.05) is 0 Å². The van der Waals surface area contributed by atoms with Crippen LogP contribution in [-0.2, 0) is 14.4 Å². The van der Waals surface area contributed by atoms with Crippen LogP contribution in [0.5, 0.6) is 0 Å². The van der Waals surface area contributed by atoms with Crippen LogP contribution in [0.25, 0.3) is 0 Å². The van der Waals surface area contributed by atoms with Crippen molar-refractivity contribution in [2.45, 2.75) is 25.8 Å². The summed E-state index contributed by atoms with van der Waals surface area (Å²) >= 11 is 9.33. The molecule has 1 aliphatic carbocycles. The van der Waals surface area contributed by atoms with Gasteiger partial charge in [-0.25, -0.2) is 0 Å². The quantitative estimate of drug-likeness (QED) is 0.776. The second-order valence-corrected chi connectivity index (χ2v) is 7.42. The minimum Gasteiger partial charge on any atom is -0.324 e. The Morgan fingerprint density at radius 1 is 1.25 bits per heavy atom. The number of nitrogens with zero attached hydrogens (tertiary/aromatic N) is 1. The maximum absolute atomic E-state index is 12.6. The van der Waals surface area contributed by atoms with E-state index in [9.17, 15) is 14.4 Å². The molecule has 1 fully saturated rings. The van der Waals surface area contributed by atoms with Crippen molar-refractivity contribution in [2.75, 3.05) is 5.32 Å². The van der Waals surface area contributed by atoms with E-state index in [1.165, 1.54) is 0 Å². The number of rotatable bonds is 3. The standard InChI is InChI=1S/C17H16BrClN2O3/c1-9(15(22)20-12-5-2-10(18)3-6-12)21-16(23)13-7-4-11(19)8-14(13)17(21)24/h2-6,9,13-14H,7-8H2,1H3,(H,20,22). The molecular weight excluding hydrogens is 396 g/mol. The Hall–Kier alpha value is -1.66. The number of carbonyl (C=O) groups is 3. The Kier molecular flexibility index (Phi) is 4.78. The van der Waals surface area contributed by atoms with Crippen molar-refractivity contribution in [3.63, 3.8) is 0 Å². The SMILES string of the molecule is CC(C(=O)Nc1ccc(Br)cc1)N1C(=O)C2CC=C(Cl)CC2C1=O. The molecule has 1 aliphatic heterocycles. The van der Waals surface area contributed by atoms with E-state index in [-0.39, 0.29) is 11.8 Å². The van der Waals surface area contributed by atoms with Crippen LogP contribution in [0.1, 0.15) is 19.8 Å². The number of halogens is 2. The maximum atomic E-state index is 12.6. The van der Waals surface area contributed by atoms with Gasteiger partial charge in [-0.3, -0.25) is 19.3 Å². The lowest BCUT2D eigenvalue weighted by molar-refractivity contribution is -0.146. The molecule has 0 saturated carbocycles. The van der Waals surface area contributed by atoms with Gasteiger partial charge in [0, 0.05) is 15.2 Å². The Balaban J connectivity index is 1.74. The Morgan fingerprint density at radius 3 is 2.54 bits per heavy atom. The van der Waals surface area contributed by atoms with E-state index in [2.05, 4.69) is 21.2 Å². The number of likely N-dealkylation sites (tertiary alicyclic amines) is 1. The van der Waals surface area contributed by atoms with Crippen molar-refractivity contribution >= 4 is 50.9 Å². The van der Waals surface area contributed by atoms with Gasteiger partial charge in [-0.05, 0) is 44.0 Å². The van der Waals surface area contributed by atoms with Gasteiger partial charge in [0.05, 0.1) is 11.8 Å². The highest BCUT2D eigenvalue weighted by Gasteiger charge is 2.51. The highest BCUT2D eigenvalue weighted by atomic mass is 79.9. The highest BCUT2D eigenvalue weighted by molar-refractivity contribution is 9.10. The summed E-state index contributed by atoms with van der Waals surface area (Å²) in [6.07, 6.45) is 2.60. The summed E-state index contributed by atoms with van der Waals surface area (Å²) in [6.45, 7) is 1.57. The largest absolute Gasteiger partial charge is 0.324 e. The summed E-state index contributed by atoms with van der Waals surface area (Å²) in [4.78, 5) is 38.6. The molecule has 7 heteroatoms. The van der Waals surface area contributed by atoms with E-state index < -0.39 is 23.8 Å². The minimum atomic E-state index is -0.863. The number of carbonyl (C=O) groups excluding carboxylic acids is 3. The summed E-state index contributed by atoms with van der Waals surface area (Å²) in [5, 5.41) is 3.34. The van der Waals surface area contributed by atoms with E-state index in [1.54, 1.807) is 37.3 Å². The zero-order valence-electron chi connectivity index (χ0n) is 13.0. The van der Waals surface area contributed by atoms with Gasteiger partial charge in [0.1, 0.15) is 6.04 Å². The first kappa shape index (κ1) is 17.2. The van der Waals surface area contributed by atoms with Crippen LogP contribution in [0, 0.1) is 11.8 Å². The third kappa shape index (κ3) is 3.13. The molecule has 3 rings (SSSR count). The number of fused-ring (bicyclic) bond motifs is 1. The van der Waals surface area contributed by atoms with Crippen molar-refractivity contribution in [3.8, 4) is 0 Å². The smallest absolute Gasteiger partial charge is 0.247 e. The normalized spacial score (nSPS) is 24.5. The molecule has 1 saturated heterocycles. The van der Waals surface area contributed by atoms with Gasteiger partial charge in [-0.1, -0.05) is 33.6 Å². The summed E-state index contributed by atoms with van der Waals surface area (Å²) in [5.74, 6) is -1.84. The number of hydrogen-bond donors (Lipinski definition) is 1. The lowest BCUT2D eigenvalue weighted by Crippen LogP contribution is -2.46. The van der Waals surface area contributed by atoms with Crippen LogP contribution in [0.15, 0.2) is 39.8 Å².